The van der Waals surface area contributed by atoms with Gasteiger partial charge in [-0.2, -0.15) is 5.10 Å². The molecule has 0 fully saturated rings. The summed E-state index contributed by atoms with van der Waals surface area (Å²) in [5, 5.41) is 14.7. The second-order valence-corrected chi connectivity index (χ2v) is 4.56. The van der Waals surface area contributed by atoms with Gasteiger partial charge in [-0.05, 0) is 22.4 Å². The van der Waals surface area contributed by atoms with E-state index in [1.165, 1.54) is 10.9 Å². The maximum absolute atomic E-state index is 12.8. The molecule has 0 aliphatic heterocycles. The Balaban J connectivity index is 2.86. The largest absolute Gasteiger partial charge is 0.390 e. The van der Waals surface area contributed by atoms with Crippen LogP contribution in [0.15, 0.2) is 15.5 Å². The summed E-state index contributed by atoms with van der Waals surface area (Å²) in [6.07, 6.45) is 2.04. The summed E-state index contributed by atoms with van der Waals surface area (Å²) in [6.45, 7) is 0.347. The molecule has 2 N–H and O–H groups in total. The molecule has 1 rings (SSSR count). The number of rotatable bonds is 6. The number of alkyl halides is 2. The summed E-state index contributed by atoms with van der Waals surface area (Å²) in [5.41, 5.74) is -0.199. The fourth-order valence-electron chi connectivity index (χ4n) is 1.24. The molecule has 18 heavy (non-hydrogen) atoms. The van der Waals surface area contributed by atoms with Crippen LogP contribution in [0.4, 0.5) is 14.5 Å². The number of hydrogen-bond acceptors (Lipinski definition) is 4. The number of aryl methyl sites for hydroxylation is 1. The topological polar surface area (TPSA) is 67.2 Å². The molecule has 0 aliphatic carbocycles. The maximum Gasteiger partial charge on any atom is 0.287 e. The van der Waals surface area contributed by atoms with Crippen LogP contribution in [-0.2, 0) is 6.54 Å². The minimum atomic E-state index is -3.24. The third-order valence-electron chi connectivity index (χ3n) is 2.19. The number of aliphatic hydroxyl groups excluding tert-OH is 1. The van der Waals surface area contributed by atoms with E-state index in [1.54, 1.807) is 0 Å². The Labute approximate surface area is 111 Å². The highest BCUT2D eigenvalue weighted by molar-refractivity contribution is 9.10. The Bertz CT molecular complexity index is 465. The molecule has 0 amide bonds. The quantitative estimate of drug-likeness (QED) is 0.830. The SMILES string of the molecule is CCCn1ncc(NCC(F)(F)CO)c(Br)c1=O. The van der Waals surface area contributed by atoms with Gasteiger partial charge in [0.25, 0.3) is 11.5 Å². The van der Waals surface area contributed by atoms with E-state index >= 15 is 0 Å². The summed E-state index contributed by atoms with van der Waals surface area (Å²) in [4.78, 5) is 11.8. The zero-order chi connectivity index (χ0) is 13.8. The Hall–Kier alpha value is -1.02. The Kier molecular flexibility index (Phi) is 5.21. The van der Waals surface area contributed by atoms with E-state index in [1.807, 2.05) is 6.92 Å². The first-order chi connectivity index (χ1) is 8.41. The van der Waals surface area contributed by atoms with Crippen molar-refractivity contribution in [2.45, 2.75) is 25.8 Å². The lowest BCUT2D eigenvalue weighted by molar-refractivity contribution is -0.0373. The number of hydrogen-bond donors (Lipinski definition) is 2. The molecule has 102 valence electrons. The average Bonchev–Trinajstić information content (AvgIpc) is 2.34. The Morgan fingerprint density at radius 1 is 1.61 bits per heavy atom. The smallest absolute Gasteiger partial charge is 0.287 e. The lowest BCUT2D eigenvalue weighted by Crippen LogP contribution is -2.32. The fraction of sp³-hybridized carbons (Fsp3) is 0.600. The number of nitrogens with zero attached hydrogens (tertiary/aromatic N) is 2. The molecular formula is C10H14BrF2N3O2. The van der Waals surface area contributed by atoms with Crippen LogP contribution in [0, 0.1) is 0 Å². The van der Waals surface area contributed by atoms with Crippen LogP contribution in [0.3, 0.4) is 0 Å². The molecule has 0 atom stereocenters. The van der Waals surface area contributed by atoms with Gasteiger partial charge in [-0.1, -0.05) is 6.92 Å². The van der Waals surface area contributed by atoms with E-state index in [9.17, 15) is 13.6 Å². The van der Waals surface area contributed by atoms with Crippen molar-refractivity contribution in [3.05, 3.63) is 21.0 Å². The maximum atomic E-state index is 12.8. The van der Waals surface area contributed by atoms with Crippen molar-refractivity contribution in [3.63, 3.8) is 0 Å². The van der Waals surface area contributed by atoms with Gasteiger partial charge in [0.2, 0.25) is 0 Å². The average molecular weight is 326 g/mol. The first-order valence-electron chi connectivity index (χ1n) is 5.39. The van der Waals surface area contributed by atoms with Crippen molar-refractivity contribution in [3.8, 4) is 0 Å². The van der Waals surface area contributed by atoms with E-state index in [4.69, 9.17) is 5.11 Å². The molecule has 0 unspecified atom stereocenters. The summed E-state index contributed by atoms with van der Waals surface area (Å²) in [5.74, 6) is -3.24. The molecule has 1 heterocycles. The predicted octanol–water partition coefficient (Wildman–Crippen LogP) is 1.46. The molecule has 0 bridgehead atoms. The van der Waals surface area contributed by atoms with Gasteiger partial charge < -0.3 is 10.4 Å². The van der Waals surface area contributed by atoms with Crippen molar-refractivity contribution in [1.29, 1.82) is 0 Å². The van der Waals surface area contributed by atoms with Gasteiger partial charge in [0.1, 0.15) is 11.1 Å². The van der Waals surface area contributed by atoms with E-state index in [2.05, 4.69) is 26.3 Å². The molecule has 0 radical (unpaired) electrons. The van der Waals surface area contributed by atoms with Gasteiger partial charge in [0.05, 0.1) is 18.4 Å². The second-order valence-electron chi connectivity index (χ2n) is 3.77. The van der Waals surface area contributed by atoms with E-state index in [0.717, 1.165) is 6.42 Å². The fourth-order valence-corrected chi connectivity index (χ4v) is 1.69. The third-order valence-corrected chi connectivity index (χ3v) is 2.96. The van der Waals surface area contributed by atoms with Crippen LogP contribution in [-0.4, -0.2) is 34.0 Å². The summed E-state index contributed by atoms with van der Waals surface area (Å²) in [7, 11) is 0. The summed E-state index contributed by atoms with van der Waals surface area (Å²) >= 11 is 3.05. The molecule has 1 aromatic heterocycles. The minimum absolute atomic E-state index is 0.152. The zero-order valence-electron chi connectivity index (χ0n) is 9.79. The van der Waals surface area contributed by atoms with Crippen LogP contribution in [0.1, 0.15) is 13.3 Å². The molecule has 0 aromatic carbocycles. The van der Waals surface area contributed by atoms with Crippen molar-refractivity contribution < 1.29 is 13.9 Å². The molecule has 8 heteroatoms. The van der Waals surface area contributed by atoms with E-state index in [0.29, 0.717) is 6.54 Å². The highest BCUT2D eigenvalue weighted by Crippen LogP contribution is 2.19. The van der Waals surface area contributed by atoms with Gasteiger partial charge in [0, 0.05) is 6.54 Å². The second kappa shape index (κ2) is 6.24. The predicted molar refractivity (Wildman–Crippen MR) is 67.0 cm³/mol. The molecular weight excluding hydrogens is 312 g/mol. The Morgan fingerprint density at radius 3 is 2.83 bits per heavy atom. The molecule has 0 spiro atoms. The number of anilines is 1. The van der Waals surface area contributed by atoms with Crippen molar-refractivity contribution in [2.24, 2.45) is 0 Å². The number of halogens is 3. The van der Waals surface area contributed by atoms with E-state index in [-0.39, 0.29) is 15.7 Å². The lowest BCUT2D eigenvalue weighted by atomic mass is 10.3. The number of nitrogens with one attached hydrogen (secondary N) is 1. The first-order valence-corrected chi connectivity index (χ1v) is 6.18. The molecule has 0 saturated heterocycles. The zero-order valence-corrected chi connectivity index (χ0v) is 11.4. The van der Waals surface area contributed by atoms with Gasteiger partial charge in [0.15, 0.2) is 0 Å². The molecule has 1 aromatic rings. The summed E-state index contributed by atoms with van der Waals surface area (Å²) < 4.78 is 27.1. The first kappa shape index (κ1) is 15.0. The highest BCUT2D eigenvalue weighted by Gasteiger charge is 2.27. The third kappa shape index (κ3) is 3.74. The van der Waals surface area contributed by atoms with Crippen LogP contribution in [0.2, 0.25) is 0 Å². The van der Waals surface area contributed by atoms with Gasteiger partial charge >= 0.3 is 0 Å². The highest BCUT2D eigenvalue weighted by atomic mass is 79.9. The van der Waals surface area contributed by atoms with Gasteiger partial charge in [-0.3, -0.25) is 4.79 Å². The van der Waals surface area contributed by atoms with Gasteiger partial charge in [-0.25, -0.2) is 13.5 Å². The van der Waals surface area contributed by atoms with E-state index < -0.39 is 19.1 Å². The standard InChI is InChI=1S/C10H14BrF2N3O2/c1-2-3-16-9(18)8(11)7(4-15-16)14-5-10(12,13)6-17/h4,14,17H,2-3,5-6H2,1H3. The summed E-state index contributed by atoms with van der Waals surface area (Å²) in [6, 6.07) is 0. The van der Waals surface area contributed by atoms with Gasteiger partial charge in [-0.15, -0.1) is 0 Å². The molecule has 0 saturated carbocycles. The number of aromatic nitrogens is 2. The Morgan fingerprint density at radius 2 is 2.28 bits per heavy atom. The van der Waals surface area contributed by atoms with Crippen LogP contribution >= 0.6 is 15.9 Å². The van der Waals surface area contributed by atoms with Crippen molar-refractivity contribution in [2.75, 3.05) is 18.5 Å². The van der Waals surface area contributed by atoms with Crippen LogP contribution in [0.5, 0.6) is 0 Å². The lowest BCUT2D eigenvalue weighted by Gasteiger charge is -2.15. The molecule has 0 aliphatic rings. The normalized spacial score (nSPS) is 11.6. The minimum Gasteiger partial charge on any atom is -0.390 e. The van der Waals surface area contributed by atoms with Crippen LogP contribution < -0.4 is 10.9 Å². The monoisotopic (exact) mass is 325 g/mol. The van der Waals surface area contributed by atoms with Crippen molar-refractivity contribution in [1.82, 2.24) is 9.78 Å². The van der Waals surface area contributed by atoms with Crippen molar-refractivity contribution >= 4 is 21.6 Å². The van der Waals surface area contributed by atoms with Crippen LogP contribution in [0.25, 0.3) is 0 Å². The molecule has 5 nitrogen and oxygen atoms in total. The number of aliphatic hydroxyl groups is 1.